The lowest BCUT2D eigenvalue weighted by atomic mass is 10.2. The molecule has 0 atom stereocenters. The third kappa shape index (κ3) is 3.32. The first-order valence-electron chi connectivity index (χ1n) is 5.33. The standard InChI is InChI=1S/C11H11N3O4S/c1-6-8(9(15)16)4-7(18-6)5-13-10(17)14-11-12-2-3-19-11/h2-4H,5H2,1H3,(H,15,16)(H2,12,13,14,17). The molecule has 7 nitrogen and oxygen atoms in total. The minimum absolute atomic E-state index is 0.0946. The zero-order valence-corrected chi connectivity index (χ0v) is 10.8. The second kappa shape index (κ2) is 5.53. The molecule has 0 aromatic carbocycles. The van der Waals surface area contributed by atoms with Crippen molar-refractivity contribution in [2.45, 2.75) is 13.5 Å². The fourth-order valence-electron chi connectivity index (χ4n) is 1.44. The van der Waals surface area contributed by atoms with E-state index in [1.165, 1.54) is 17.4 Å². The minimum Gasteiger partial charge on any atom is -0.478 e. The van der Waals surface area contributed by atoms with E-state index in [0.29, 0.717) is 16.7 Å². The van der Waals surface area contributed by atoms with Crippen molar-refractivity contribution < 1.29 is 19.1 Å². The van der Waals surface area contributed by atoms with E-state index in [4.69, 9.17) is 9.52 Å². The van der Waals surface area contributed by atoms with Crippen LogP contribution in [-0.2, 0) is 6.54 Å². The Labute approximate surface area is 112 Å². The summed E-state index contributed by atoms with van der Waals surface area (Å²) in [6.07, 6.45) is 1.58. The van der Waals surface area contributed by atoms with Crippen LogP contribution in [0.3, 0.4) is 0 Å². The van der Waals surface area contributed by atoms with Gasteiger partial charge in [-0.15, -0.1) is 11.3 Å². The Morgan fingerprint density at radius 3 is 2.89 bits per heavy atom. The highest BCUT2D eigenvalue weighted by molar-refractivity contribution is 7.13. The molecule has 100 valence electrons. The van der Waals surface area contributed by atoms with E-state index in [1.807, 2.05) is 0 Å². The number of aromatic nitrogens is 1. The Bertz CT molecular complexity index is 591. The molecule has 2 aromatic rings. The quantitative estimate of drug-likeness (QED) is 0.795. The third-order valence-electron chi connectivity index (χ3n) is 2.28. The zero-order chi connectivity index (χ0) is 13.8. The lowest BCUT2D eigenvalue weighted by molar-refractivity contribution is 0.0695. The van der Waals surface area contributed by atoms with E-state index in [-0.39, 0.29) is 12.1 Å². The molecule has 0 aliphatic rings. The summed E-state index contributed by atoms with van der Waals surface area (Å²) in [7, 11) is 0. The third-order valence-corrected chi connectivity index (χ3v) is 2.96. The van der Waals surface area contributed by atoms with E-state index in [1.54, 1.807) is 18.5 Å². The molecule has 0 aliphatic heterocycles. The van der Waals surface area contributed by atoms with Crippen molar-refractivity contribution in [1.82, 2.24) is 10.3 Å². The first kappa shape index (κ1) is 13.1. The van der Waals surface area contributed by atoms with Gasteiger partial charge in [0.15, 0.2) is 5.13 Å². The van der Waals surface area contributed by atoms with Crippen molar-refractivity contribution in [3.05, 3.63) is 34.7 Å². The molecule has 0 bridgehead atoms. The molecule has 0 radical (unpaired) electrons. The summed E-state index contributed by atoms with van der Waals surface area (Å²) in [5.41, 5.74) is 0.0946. The second-order valence-corrected chi connectivity index (χ2v) is 4.53. The number of carboxylic acid groups (broad SMARTS) is 1. The average Bonchev–Trinajstić information content (AvgIpc) is 2.96. The molecule has 0 aliphatic carbocycles. The number of rotatable bonds is 4. The molecule has 0 saturated heterocycles. The van der Waals surface area contributed by atoms with Crippen molar-refractivity contribution in [3.8, 4) is 0 Å². The smallest absolute Gasteiger partial charge is 0.339 e. The number of amides is 2. The van der Waals surface area contributed by atoms with Crippen molar-refractivity contribution in [3.63, 3.8) is 0 Å². The van der Waals surface area contributed by atoms with Crippen LogP contribution in [-0.4, -0.2) is 22.1 Å². The van der Waals surface area contributed by atoms with E-state index in [2.05, 4.69) is 15.6 Å². The number of nitrogens with zero attached hydrogens (tertiary/aromatic N) is 1. The Kier molecular flexibility index (Phi) is 3.81. The molecule has 2 aromatic heterocycles. The molecular weight excluding hydrogens is 270 g/mol. The monoisotopic (exact) mass is 281 g/mol. The number of anilines is 1. The lowest BCUT2D eigenvalue weighted by Gasteiger charge is -2.02. The number of hydrogen-bond acceptors (Lipinski definition) is 5. The summed E-state index contributed by atoms with van der Waals surface area (Å²) >= 11 is 1.30. The highest BCUT2D eigenvalue weighted by Crippen LogP contribution is 2.14. The van der Waals surface area contributed by atoms with Gasteiger partial charge in [0.1, 0.15) is 17.1 Å². The average molecular weight is 281 g/mol. The highest BCUT2D eigenvalue weighted by atomic mass is 32.1. The number of urea groups is 1. The summed E-state index contributed by atoms with van der Waals surface area (Å²) < 4.78 is 5.23. The topological polar surface area (TPSA) is 104 Å². The highest BCUT2D eigenvalue weighted by Gasteiger charge is 2.14. The normalized spacial score (nSPS) is 10.2. The summed E-state index contributed by atoms with van der Waals surface area (Å²) in [6, 6.07) is 0.960. The number of hydrogen-bond donors (Lipinski definition) is 3. The number of aryl methyl sites for hydroxylation is 1. The van der Waals surface area contributed by atoms with E-state index >= 15 is 0 Å². The van der Waals surface area contributed by atoms with Gasteiger partial charge in [0.05, 0.1) is 6.54 Å². The Balaban J connectivity index is 1.90. The maximum Gasteiger partial charge on any atom is 0.339 e. The number of carbonyl (C=O) groups is 2. The number of thiazole rings is 1. The second-order valence-electron chi connectivity index (χ2n) is 3.63. The van der Waals surface area contributed by atoms with E-state index in [0.717, 1.165) is 0 Å². The van der Waals surface area contributed by atoms with Crippen LogP contribution in [0.4, 0.5) is 9.93 Å². The molecule has 2 rings (SSSR count). The van der Waals surface area contributed by atoms with Crippen molar-refractivity contribution >= 4 is 28.5 Å². The summed E-state index contributed by atoms with van der Waals surface area (Å²) in [6.45, 7) is 1.66. The van der Waals surface area contributed by atoms with Gasteiger partial charge in [-0.2, -0.15) is 0 Å². The van der Waals surface area contributed by atoms with Gasteiger partial charge in [-0.05, 0) is 13.0 Å². The van der Waals surface area contributed by atoms with Crippen molar-refractivity contribution in [2.75, 3.05) is 5.32 Å². The van der Waals surface area contributed by atoms with Crippen LogP contribution in [0.25, 0.3) is 0 Å². The van der Waals surface area contributed by atoms with Crippen molar-refractivity contribution in [2.24, 2.45) is 0 Å². The fourth-order valence-corrected chi connectivity index (χ4v) is 1.96. The number of furan rings is 1. The number of aromatic carboxylic acids is 1. The predicted molar refractivity (Wildman–Crippen MR) is 68.4 cm³/mol. The van der Waals surface area contributed by atoms with Gasteiger partial charge in [0.2, 0.25) is 0 Å². The number of carbonyl (C=O) groups excluding carboxylic acids is 1. The molecular formula is C11H11N3O4S. The Morgan fingerprint density at radius 2 is 2.32 bits per heavy atom. The molecule has 8 heteroatoms. The van der Waals surface area contributed by atoms with Gasteiger partial charge in [-0.1, -0.05) is 0 Å². The van der Waals surface area contributed by atoms with Gasteiger partial charge in [-0.3, -0.25) is 5.32 Å². The largest absolute Gasteiger partial charge is 0.478 e. The summed E-state index contributed by atoms with van der Waals surface area (Å²) in [5, 5.41) is 16.2. The first-order chi connectivity index (χ1) is 9.06. The number of nitrogens with one attached hydrogen (secondary N) is 2. The predicted octanol–water partition coefficient (Wildman–Crippen LogP) is 2.06. The van der Waals surface area contributed by atoms with Gasteiger partial charge < -0.3 is 14.8 Å². The van der Waals surface area contributed by atoms with Gasteiger partial charge >= 0.3 is 12.0 Å². The maximum absolute atomic E-state index is 11.5. The Morgan fingerprint density at radius 1 is 1.53 bits per heavy atom. The van der Waals surface area contributed by atoms with Crippen LogP contribution in [0, 0.1) is 6.92 Å². The van der Waals surface area contributed by atoms with Crippen LogP contribution in [0.15, 0.2) is 22.1 Å². The lowest BCUT2D eigenvalue weighted by Crippen LogP contribution is -2.27. The minimum atomic E-state index is -1.06. The Hall–Kier alpha value is -2.35. The van der Waals surface area contributed by atoms with Crippen LogP contribution in [0.2, 0.25) is 0 Å². The summed E-state index contributed by atoms with van der Waals surface area (Å²) in [5.74, 6) is -0.367. The molecule has 0 saturated carbocycles. The van der Waals surface area contributed by atoms with Gasteiger partial charge in [0, 0.05) is 11.6 Å². The summed E-state index contributed by atoms with van der Waals surface area (Å²) in [4.78, 5) is 26.2. The van der Waals surface area contributed by atoms with Gasteiger partial charge in [0.25, 0.3) is 0 Å². The molecule has 2 heterocycles. The van der Waals surface area contributed by atoms with Crippen LogP contribution < -0.4 is 10.6 Å². The van der Waals surface area contributed by atoms with Gasteiger partial charge in [-0.25, -0.2) is 14.6 Å². The molecule has 0 unspecified atom stereocenters. The zero-order valence-electron chi connectivity index (χ0n) is 9.97. The van der Waals surface area contributed by atoms with E-state index in [9.17, 15) is 9.59 Å². The SMILES string of the molecule is Cc1oc(CNC(=O)Nc2nccs2)cc1C(=O)O. The molecule has 2 amide bonds. The molecule has 3 N–H and O–H groups in total. The van der Waals surface area contributed by atoms with Crippen LogP contribution >= 0.6 is 11.3 Å². The molecule has 0 fully saturated rings. The van der Waals surface area contributed by atoms with Crippen LogP contribution in [0.5, 0.6) is 0 Å². The van der Waals surface area contributed by atoms with Crippen molar-refractivity contribution in [1.29, 1.82) is 0 Å². The molecule has 0 spiro atoms. The van der Waals surface area contributed by atoms with E-state index < -0.39 is 12.0 Å². The van der Waals surface area contributed by atoms with Crippen LogP contribution in [0.1, 0.15) is 21.9 Å². The molecule has 19 heavy (non-hydrogen) atoms. The number of carboxylic acids is 1. The fraction of sp³-hybridized carbons (Fsp3) is 0.182. The maximum atomic E-state index is 11.5. The first-order valence-corrected chi connectivity index (χ1v) is 6.21.